The van der Waals surface area contributed by atoms with E-state index in [1.54, 1.807) is 23.2 Å². The first kappa shape index (κ1) is 15.9. The number of pyridine rings is 1. The molecule has 1 atom stereocenters. The number of anilines is 1. The largest absolute Gasteiger partial charge is 0.371 e. The van der Waals surface area contributed by atoms with Crippen LogP contribution in [0.3, 0.4) is 0 Å². The van der Waals surface area contributed by atoms with Crippen LogP contribution in [-0.2, 0) is 0 Å². The molecule has 0 spiro atoms. The van der Waals surface area contributed by atoms with Gasteiger partial charge in [0.05, 0.1) is 16.7 Å². The molecule has 1 amide bonds. The molecule has 7 heteroatoms. The van der Waals surface area contributed by atoms with Crippen LogP contribution in [0.4, 0.5) is 11.4 Å². The third kappa shape index (κ3) is 3.19. The average molecular weight is 326 g/mol. The third-order valence-corrected chi connectivity index (χ3v) is 4.09. The lowest BCUT2D eigenvalue weighted by Gasteiger charge is -2.30. The van der Waals surface area contributed by atoms with E-state index in [1.165, 1.54) is 6.07 Å². The maximum Gasteiger partial charge on any atom is 0.293 e. The van der Waals surface area contributed by atoms with Gasteiger partial charge in [-0.3, -0.25) is 19.9 Å². The summed E-state index contributed by atoms with van der Waals surface area (Å²) in [5.41, 5.74) is 1.40. The lowest BCUT2D eigenvalue weighted by atomic mass is 10.1. The number of hydrogen-bond acceptors (Lipinski definition) is 5. The molecule has 1 N–H and O–H groups in total. The third-order valence-electron chi connectivity index (χ3n) is 4.09. The number of nitro benzene ring substituents is 1. The Hall–Kier alpha value is -2.96. The summed E-state index contributed by atoms with van der Waals surface area (Å²) in [6, 6.07) is 9.89. The Morgan fingerprint density at radius 2 is 2.12 bits per heavy atom. The first-order valence-electron chi connectivity index (χ1n) is 7.81. The van der Waals surface area contributed by atoms with Crippen molar-refractivity contribution in [1.82, 2.24) is 9.88 Å². The second kappa shape index (κ2) is 6.66. The van der Waals surface area contributed by atoms with E-state index in [2.05, 4.69) is 10.3 Å². The maximum atomic E-state index is 12.2. The molecule has 3 rings (SSSR count). The number of rotatable bonds is 5. The molecule has 0 saturated carbocycles. The fourth-order valence-corrected chi connectivity index (χ4v) is 2.58. The van der Waals surface area contributed by atoms with Gasteiger partial charge in [0.15, 0.2) is 0 Å². The van der Waals surface area contributed by atoms with Gasteiger partial charge in [0, 0.05) is 30.9 Å². The normalized spacial score (nSPS) is 14.6. The van der Waals surface area contributed by atoms with Crippen molar-refractivity contribution in [3.8, 4) is 0 Å². The molecule has 1 fully saturated rings. The summed E-state index contributed by atoms with van der Waals surface area (Å²) in [5.74, 6) is -0.159. The lowest BCUT2D eigenvalue weighted by molar-refractivity contribution is -0.384. The summed E-state index contributed by atoms with van der Waals surface area (Å²) < 4.78 is 0. The summed E-state index contributed by atoms with van der Waals surface area (Å²) in [4.78, 5) is 29.1. The fraction of sp³-hybridized carbons (Fsp3) is 0.294. The van der Waals surface area contributed by atoms with Gasteiger partial charge in [-0.2, -0.15) is 0 Å². The molecule has 1 aliphatic rings. The first-order chi connectivity index (χ1) is 11.6. The van der Waals surface area contributed by atoms with Crippen molar-refractivity contribution in [1.29, 1.82) is 0 Å². The Labute approximate surface area is 139 Å². The lowest BCUT2D eigenvalue weighted by Crippen LogP contribution is -2.42. The predicted molar refractivity (Wildman–Crippen MR) is 89.9 cm³/mol. The van der Waals surface area contributed by atoms with E-state index in [4.69, 9.17) is 0 Å². The fourth-order valence-electron chi connectivity index (χ4n) is 2.58. The summed E-state index contributed by atoms with van der Waals surface area (Å²) in [7, 11) is 0. The number of benzene rings is 1. The number of hydrogen-bond donors (Lipinski definition) is 1. The van der Waals surface area contributed by atoms with Crippen LogP contribution in [0.25, 0.3) is 0 Å². The van der Waals surface area contributed by atoms with Gasteiger partial charge in [0.2, 0.25) is 0 Å². The second-order valence-electron chi connectivity index (χ2n) is 5.76. The zero-order valence-corrected chi connectivity index (χ0v) is 13.3. The van der Waals surface area contributed by atoms with Crippen molar-refractivity contribution in [3.63, 3.8) is 0 Å². The Morgan fingerprint density at radius 3 is 2.71 bits per heavy atom. The quantitative estimate of drug-likeness (QED) is 0.674. The molecule has 0 bridgehead atoms. The minimum Gasteiger partial charge on any atom is -0.371 e. The highest BCUT2D eigenvalue weighted by Crippen LogP contribution is 2.29. The summed E-state index contributed by atoms with van der Waals surface area (Å²) in [5, 5.41) is 14.5. The van der Waals surface area contributed by atoms with Gasteiger partial charge < -0.3 is 10.2 Å². The van der Waals surface area contributed by atoms with Crippen molar-refractivity contribution < 1.29 is 9.72 Å². The van der Waals surface area contributed by atoms with Crippen molar-refractivity contribution in [3.05, 3.63) is 64.0 Å². The maximum absolute atomic E-state index is 12.2. The molecule has 124 valence electrons. The zero-order chi connectivity index (χ0) is 17.1. The Kier molecular flexibility index (Phi) is 4.41. The van der Waals surface area contributed by atoms with Crippen LogP contribution in [0.2, 0.25) is 0 Å². The molecule has 1 aromatic carbocycles. The van der Waals surface area contributed by atoms with Crippen LogP contribution in [0, 0.1) is 10.1 Å². The van der Waals surface area contributed by atoms with Gasteiger partial charge in [0.1, 0.15) is 5.69 Å². The van der Waals surface area contributed by atoms with E-state index in [9.17, 15) is 14.9 Å². The molecule has 7 nitrogen and oxygen atoms in total. The molecule has 1 aliphatic heterocycles. The highest BCUT2D eigenvalue weighted by atomic mass is 16.6. The number of carbonyl (C=O) groups excluding carboxylic acids is 1. The van der Waals surface area contributed by atoms with Crippen LogP contribution in [0.5, 0.6) is 0 Å². The van der Waals surface area contributed by atoms with E-state index in [1.807, 2.05) is 25.1 Å². The van der Waals surface area contributed by atoms with Gasteiger partial charge in [-0.1, -0.05) is 6.07 Å². The van der Waals surface area contributed by atoms with E-state index >= 15 is 0 Å². The van der Waals surface area contributed by atoms with Crippen molar-refractivity contribution >= 4 is 17.3 Å². The average Bonchev–Trinajstić information content (AvgIpc) is 2.54. The van der Waals surface area contributed by atoms with Gasteiger partial charge in [-0.15, -0.1) is 0 Å². The molecule has 2 heterocycles. The summed E-state index contributed by atoms with van der Waals surface area (Å²) in [6.07, 6.45) is 2.66. The van der Waals surface area contributed by atoms with Crippen molar-refractivity contribution in [2.45, 2.75) is 19.4 Å². The van der Waals surface area contributed by atoms with E-state index in [0.29, 0.717) is 24.3 Å². The Bertz CT molecular complexity index is 760. The van der Waals surface area contributed by atoms with Gasteiger partial charge in [-0.05, 0) is 37.6 Å². The number of carbonyl (C=O) groups is 1. The topological polar surface area (TPSA) is 88.4 Å². The molecular formula is C17H18N4O3. The van der Waals surface area contributed by atoms with E-state index in [-0.39, 0.29) is 17.6 Å². The highest BCUT2D eigenvalue weighted by molar-refractivity contribution is 5.96. The van der Waals surface area contributed by atoms with Crippen LogP contribution < -0.4 is 5.32 Å². The van der Waals surface area contributed by atoms with Crippen molar-refractivity contribution in [2.75, 3.05) is 18.4 Å². The van der Waals surface area contributed by atoms with Crippen LogP contribution >= 0.6 is 0 Å². The first-order valence-corrected chi connectivity index (χ1v) is 7.81. The summed E-state index contributed by atoms with van der Waals surface area (Å²) in [6.45, 7) is 3.30. The van der Waals surface area contributed by atoms with E-state index < -0.39 is 4.92 Å². The van der Waals surface area contributed by atoms with Crippen LogP contribution in [0.15, 0.2) is 42.6 Å². The molecular weight excluding hydrogens is 308 g/mol. The highest BCUT2D eigenvalue weighted by Gasteiger charge is 2.25. The standard InChI is InChI=1S/C17H18N4O3/c1-12(14-5-2-3-8-18-14)19-15-7-6-13(11-16(15)21(23)24)17(22)20-9-4-10-20/h2-3,5-8,11-12,19H,4,9-10H2,1H3/t12-/m1/s1. The monoisotopic (exact) mass is 326 g/mol. The van der Waals surface area contributed by atoms with Crippen LogP contribution in [-0.4, -0.2) is 33.8 Å². The number of aromatic nitrogens is 1. The SMILES string of the molecule is C[C@@H](Nc1ccc(C(=O)N2CCC2)cc1[N+](=O)[O-])c1ccccn1. The number of nitrogens with one attached hydrogen (secondary N) is 1. The molecule has 0 radical (unpaired) electrons. The van der Waals surface area contributed by atoms with E-state index in [0.717, 1.165) is 12.1 Å². The van der Waals surface area contributed by atoms with Gasteiger partial charge in [-0.25, -0.2) is 0 Å². The number of nitrogens with zero attached hydrogens (tertiary/aromatic N) is 3. The minimum atomic E-state index is -0.472. The molecule has 0 aliphatic carbocycles. The summed E-state index contributed by atoms with van der Waals surface area (Å²) >= 11 is 0. The molecule has 1 saturated heterocycles. The molecule has 1 aromatic heterocycles. The predicted octanol–water partition coefficient (Wildman–Crippen LogP) is 3.01. The number of amides is 1. The van der Waals surface area contributed by atoms with Gasteiger partial charge >= 0.3 is 0 Å². The Morgan fingerprint density at radius 1 is 1.33 bits per heavy atom. The molecule has 24 heavy (non-hydrogen) atoms. The Balaban J connectivity index is 1.84. The second-order valence-corrected chi connectivity index (χ2v) is 5.76. The van der Waals surface area contributed by atoms with Crippen LogP contribution in [0.1, 0.15) is 35.4 Å². The zero-order valence-electron chi connectivity index (χ0n) is 13.3. The smallest absolute Gasteiger partial charge is 0.293 e. The van der Waals surface area contributed by atoms with Gasteiger partial charge in [0.25, 0.3) is 11.6 Å². The number of likely N-dealkylation sites (tertiary alicyclic amines) is 1. The molecule has 0 unspecified atom stereocenters. The minimum absolute atomic E-state index is 0.107. The van der Waals surface area contributed by atoms with Crippen molar-refractivity contribution in [2.24, 2.45) is 0 Å². The molecule has 2 aromatic rings. The number of nitro groups is 1.